The summed E-state index contributed by atoms with van der Waals surface area (Å²) in [5.74, 6) is -0.125. The fourth-order valence-electron chi connectivity index (χ4n) is 2.97. The molecule has 3 rings (SSSR count). The Kier molecular flexibility index (Phi) is 3.88. The SMILES string of the molecule is Cc1cc(C(=O)Nc2ccc(N3CCCC3)cc2C)n(C)n1. The van der Waals surface area contributed by atoms with Crippen LogP contribution < -0.4 is 10.2 Å². The van der Waals surface area contributed by atoms with Gasteiger partial charge in [0.2, 0.25) is 0 Å². The van der Waals surface area contributed by atoms with Crippen LogP contribution >= 0.6 is 0 Å². The number of nitrogens with one attached hydrogen (secondary N) is 1. The molecule has 116 valence electrons. The first-order valence-corrected chi connectivity index (χ1v) is 7.72. The third-order valence-corrected chi connectivity index (χ3v) is 4.16. The van der Waals surface area contributed by atoms with Gasteiger partial charge < -0.3 is 10.2 Å². The normalized spacial score (nSPS) is 14.4. The lowest BCUT2D eigenvalue weighted by atomic mass is 10.1. The van der Waals surface area contributed by atoms with E-state index >= 15 is 0 Å². The zero-order valence-corrected chi connectivity index (χ0v) is 13.4. The summed E-state index contributed by atoms with van der Waals surface area (Å²) in [5.41, 5.74) is 4.59. The maximum absolute atomic E-state index is 12.4. The monoisotopic (exact) mass is 298 g/mol. The molecule has 0 atom stereocenters. The molecule has 5 heteroatoms. The van der Waals surface area contributed by atoms with Crippen LogP contribution in [0.1, 0.15) is 34.6 Å². The molecule has 0 unspecified atom stereocenters. The molecule has 1 N–H and O–H groups in total. The van der Waals surface area contributed by atoms with Gasteiger partial charge in [-0.2, -0.15) is 5.10 Å². The molecule has 1 aromatic heterocycles. The third-order valence-electron chi connectivity index (χ3n) is 4.16. The van der Waals surface area contributed by atoms with Crippen molar-refractivity contribution in [2.45, 2.75) is 26.7 Å². The Morgan fingerprint density at radius 2 is 1.91 bits per heavy atom. The molecule has 2 aromatic rings. The van der Waals surface area contributed by atoms with E-state index < -0.39 is 0 Å². The molecule has 1 aliphatic heterocycles. The van der Waals surface area contributed by atoms with E-state index in [4.69, 9.17) is 0 Å². The van der Waals surface area contributed by atoms with Crippen LogP contribution in [0.25, 0.3) is 0 Å². The van der Waals surface area contributed by atoms with Crippen LogP contribution in [0.15, 0.2) is 24.3 Å². The summed E-state index contributed by atoms with van der Waals surface area (Å²) in [4.78, 5) is 14.8. The second-order valence-electron chi connectivity index (χ2n) is 5.94. The van der Waals surface area contributed by atoms with E-state index in [1.807, 2.05) is 19.9 Å². The van der Waals surface area contributed by atoms with Crippen molar-refractivity contribution in [3.63, 3.8) is 0 Å². The fraction of sp³-hybridized carbons (Fsp3) is 0.412. The van der Waals surface area contributed by atoms with Gasteiger partial charge in [0.25, 0.3) is 5.91 Å². The van der Waals surface area contributed by atoms with Crippen molar-refractivity contribution in [1.82, 2.24) is 9.78 Å². The molecule has 0 aliphatic carbocycles. The number of carbonyl (C=O) groups excluding carboxylic acids is 1. The summed E-state index contributed by atoms with van der Waals surface area (Å²) in [6.07, 6.45) is 2.52. The molecule has 0 radical (unpaired) electrons. The Morgan fingerprint density at radius 3 is 2.50 bits per heavy atom. The third kappa shape index (κ3) is 2.84. The standard InChI is InChI=1S/C17H22N4O/c1-12-10-14(21-8-4-5-9-21)6-7-15(12)18-17(22)16-11-13(2)19-20(16)3/h6-7,10-11H,4-5,8-9H2,1-3H3,(H,18,22). The highest BCUT2D eigenvalue weighted by Gasteiger charge is 2.15. The number of amides is 1. The first-order chi connectivity index (χ1) is 10.5. The number of hydrogen-bond acceptors (Lipinski definition) is 3. The minimum absolute atomic E-state index is 0.125. The average Bonchev–Trinajstić information content (AvgIpc) is 3.10. The number of anilines is 2. The zero-order valence-electron chi connectivity index (χ0n) is 13.4. The van der Waals surface area contributed by atoms with Crippen LogP contribution in [0.5, 0.6) is 0 Å². The lowest BCUT2D eigenvalue weighted by molar-refractivity contribution is 0.101. The molecule has 1 aromatic carbocycles. The fourth-order valence-corrected chi connectivity index (χ4v) is 2.97. The molecule has 1 saturated heterocycles. The smallest absolute Gasteiger partial charge is 0.273 e. The van der Waals surface area contributed by atoms with Gasteiger partial charge in [-0.1, -0.05) is 0 Å². The van der Waals surface area contributed by atoms with Crippen molar-refractivity contribution in [2.75, 3.05) is 23.3 Å². The van der Waals surface area contributed by atoms with Crippen LogP contribution in [0.3, 0.4) is 0 Å². The Morgan fingerprint density at radius 1 is 1.18 bits per heavy atom. The number of aryl methyl sites for hydroxylation is 3. The minimum Gasteiger partial charge on any atom is -0.372 e. The molecule has 1 amide bonds. The van der Waals surface area contributed by atoms with Crippen LogP contribution in [0.2, 0.25) is 0 Å². The van der Waals surface area contributed by atoms with Gasteiger partial charge in [-0.3, -0.25) is 9.48 Å². The maximum atomic E-state index is 12.4. The van der Waals surface area contributed by atoms with Crippen LogP contribution in [-0.4, -0.2) is 28.8 Å². The highest BCUT2D eigenvalue weighted by molar-refractivity contribution is 6.03. The van der Waals surface area contributed by atoms with Crippen molar-refractivity contribution in [2.24, 2.45) is 7.05 Å². The predicted octanol–water partition coefficient (Wildman–Crippen LogP) is 2.89. The van der Waals surface area contributed by atoms with E-state index in [1.54, 1.807) is 17.8 Å². The molecule has 1 aliphatic rings. The topological polar surface area (TPSA) is 50.2 Å². The molecule has 0 spiro atoms. The Balaban J connectivity index is 1.77. The largest absolute Gasteiger partial charge is 0.372 e. The second kappa shape index (κ2) is 5.83. The molecule has 2 heterocycles. The second-order valence-corrected chi connectivity index (χ2v) is 5.94. The van der Waals surface area contributed by atoms with Crippen molar-refractivity contribution in [3.05, 3.63) is 41.2 Å². The highest BCUT2D eigenvalue weighted by atomic mass is 16.2. The van der Waals surface area contributed by atoms with Gasteiger partial charge in [0.1, 0.15) is 5.69 Å². The lowest BCUT2D eigenvalue weighted by Gasteiger charge is -2.19. The number of rotatable bonds is 3. The average molecular weight is 298 g/mol. The Bertz CT molecular complexity index is 699. The van der Waals surface area contributed by atoms with Gasteiger partial charge in [0.15, 0.2) is 0 Å². The summed E-state index contributed by atoms with van der Waals surface area (Å²) in [6, 6.07) is 8.02. The van der Waals surface area contributed by atoms with Gasteiger partial charge in [0.05, 0.1) is 5.69 Å². The maximum Gasteiger partial charge on any atom is 0.273 e. The quantitative estimate of drug-likeness (QED) is 0.948. The number of nitrogens with zero attached hydrogens (tertiary/aromatic N) is 3. The Hall–Kier alpha value is -2.30. The minimum atomic E-state index is -0.125. The predicted molar refractivity (Wildman–Crippen MR) is 88.5 cm³/mol. The summed E-state index contributed by atoms with van der Waals surface area (Å²) in [5, 5.41) is 7.19. The highest BCUT2D eigenvalue weighted by Crippen LogP contribution is 2.25. The van der Waals surface area contributed by atoms with E-state index in [9.17, 15) is 4.79 Å². The van der Waals surface area contributed by atoms with Gasteiger partial charge in [0, 0.05) is 31.5 Å². The lowest BCUT2D eigenvalue weighted by Crippen LogP contribution is -2.19. The first-order valence-electron chi connectivity index (χ1n) is 7.72. The zero-order chi connectivity index (χ0) is 15.7. The van der Waals surface area contributed by atoms with Gasteiger partial charge in [-0.25, -0.2) is 0 Å². The van der Waals surface area contributed by atoms with Crippen LogP contribution in [0.4, 0.5) is 11.4 Å². The van der Waals surface area contributed by atoms with E-state index in [0.717, 1.165) is 30.0 Å². The number of benzene rings is 1. The molecular weight excluding hydrogens is 276 g/mol. The number of aromatic nitrogens is 2. The molecule has 5 nitrogen and oxygen atoms in total. The molecule has 1 fully saturated rings. The number of hydrogen-bond donors (Lipinski definition) is 1. The molecule has 0 saturated carbocycles. The number of carbonyl (C=O) groups is 1. The summed E-state index contributed by atoms with van der Waals surface area (Å²) < 4.78 is 1.61. The summed E-state index contributed by atoms with van der Waals surface area (Å²) in [7, 11) is 1.78. The molecule has 22 heavy (non-hydrogen) atoms. The summed E-state index contributed by atoms with van der Waals surface area (Å²) >= 11 is 0. The van der Waals surface area contributed by atoms with Gasteiger partial charge in [-0.05, 0) is 56.5 Å². The molecule has 0 bridgehead atoms. The van der Waals surface area contributed by atoms with Crippen LogP contribution in [0, 0.1) is 13.8 Å². The first kappa shape index (κ1) is 14.6. The van der Waals surface area contributed by atoms with Crippen molar-refractivity contribution >= 4 is 17.3 Å². The van der Waals surface area contributed by atoms with E-state index in [0.29, 0.717) is 5.69 Å². The van der Waals surface area contributed by atoms with Crippen molar-refractivity contribution in [1.29, 1.82) is 0 Å². The van der Waals surface area contributed by atoms with E-state index in [-0.39, 0.29) is 5.91 Å². The van der Waals surface area contributed by atoms with E-state index in [2.05, 4.69) is 27.4 Å². The van der Waals surface area contributed by atoms with E-state index in [1.165, 1.54) is 18.5 Å². The molecular formula is C17H22N4O. The van der Waals surface area contributed by atoms with Crippen LogP contribution in [-0.2, 0) is 7.05 Å². The Labute approximate surface area is 130 Å². The van der Waals surface area contributed by atoms with Gasteiger partial charge in [-0.15, -0.1) is 0 Å². The summed E-state index contributed by atoms with van der Waals surface area (Å²) in [6.45, 7) is 6.16. The van der Waals surface area contributed by atoms with Crippen molar-refractivity contribution < 1.29 is 4.79 Å². The van der Waals surface area contributed by atoms with Gasteiger partial charge >= 0.3 is 0 Å². The van der Waals surface area contributed by atoms with Crippen molar-refractivity contribution in [3.8, 4) is 0 Å².